The van der Waals surface area contributed by atoms with Crippen molar-refractivity contribution in [1.29, 1.82) is 0 Å². The van der Waals surface area contributed by atoms with Gasteiger partial charge in [-0.15, -0.1) is 0 Å². The Labute approximate surface area is 133 Å². The molecule has 4 heterocycles. The van der Waals surface area contributed by atoms with Crippen molar-refractivity contribution in [3.05, 3.63) is 34.4 Å². The Balaban J connectivity index is 1.47. The van der Waals surface area contributed by atoms with Crippen molar-refractivity contribution in [1.82, 2.24) is 19.6 Å². The fourth-order valence-electron chi connectivity index (χ4n) is 3.33. The van der Waals surface area contributed by atoms with E-state index in [0.717, 1.165) is 6.54 Å². The summed E-state index contributed by atoms with van der Waals surface area (Å²) in [5.41, 5.74) is 6.41. The maximum atomic E-state index is 2.57. The second-order valence-corrected chi connectivity index (χ2v) is 7.50. The third-order valence-electron chi connectivity index (χ3n) is 5.23. The molecule has 0 radical (unpaired) electrons. The Morgan fingerprint density at radius 3 is 1.41 bits per heavy atom. The SMILES string of the molecule is c1c(CN2CC2)cc(CN2CC2)c(CN2CC2)c1CN1CC1. The summed E-state index contributed by atoms with van der Waals surface area (Å²) in [6, 6.07) is 5.03. The predicted molar refractivity (Wildman–Crippen MR) is 87.6 cm³/mol. The second-order valence-electron chi connectivity index (χ2n) is 7.50. The highest BCUT2D eigenvalue weighted by Crippen LogP contribution is 2.28. The number of rotatable bonds is 8. The molecule has 0 N–H and O–H groups in total. The molecule has 4 nitrogen and oxygen atoms in total. The molecule has 4 fully saturated rings. The van der Waals surface area contributed by atoms with Crippen LogP contribution in [0, 0.1) is 0 Å². The maximum absolute atomic E-state index is 2.57. The molecule has 5 rings (SSSR count). The van der Waals surface area contributed by atoms with Crippen LogP contribution in [0.5, 0.6) is 0 Å². The van der Waals surface area contributed by atoms with Crippen molar-refractivity contribution in [2.75, 3.05) is 52.4 Å². The summed E-state index contributed by atoms with van der Waals surface area (Å²) in [5, 5.41) is 0. The molecular formula is C18H26N4. The molecule has 0 aromatic heterocycles. The van der Waals surface area contributed by atoms with Crippen LogP contribution in [0.25, 0.3) is 0 Å². The molecule has 4 aliphatic heterocycles. The van der Waals surface area contributed by atoms with Crippen LogP contribution in [0.4, 0.5) is 0 Å². The van der Waals surface area contributed by atoms with Crippen LogP contribution in [0.3, 0.4) is 0 Å². The quantitative estimate of drug-likeness (QED) is 0.662. The smallest absolute Gasteiger partial charge is 0.0241 e. The summed E-state index contributed by atoms with van der Waals surface area (Å²) < 4.78 is 0. The van der Waals surface area contributed by atoms with E-state index < -0.39 is 0 Å². The van der Waals surface area contributed by atoms with Gasteiger partial charge >= 0.3 is 0 Å². The van der Waals surface area contributed by atoms with Gasteiger partial charge in [-0.1, -0.05) is 12.1 Å². The third-order valence-corrected chi connectivity index (χ3v) is 5.23. The van der Waals surface area contributed by atoms with E-state index in [2.05, 4.69) is 31.7 Å². The van der Waals surface area contributed by atoms with Crippen LogP contribution in [0.1, 0.15) is 22.3 Å². The molecule has 0 atom stereocenters. The first-order valence-electron chi connectivity index (χ1n) is 8.86. The minimum atomic E-state index is 1.16. The topological polar surface area (TPSA) is 12.0 Å². The zero-order chi connectivity index (χ0) is 14.5. The maximum Gasteiger partial charge on any atom is 0.0241 e. The Morgan fingerprint density at radius 1 is 0.545 bits per heavy atom. The van der Waals surface area contributed by atoms with Gasteiger partial charge in [-0.3, -0.25) is 19.6 Å². The van der Waals surface area contributed by atoms with Crippen LogP contribution in [0.15, 0.2) is 12.1 Å². The van der Waals surface area contributed by atoms with Crippen molar-refractivity contribution >= 4 is 0 Å². The molecule has 4 aliphatic rings. The Bertz CT molecular complexity index is 533. The average Bonchev–Trinajstić information content (AvgIpc) is 3.31. The van der Waals surface area contributed by atoms with Gasteiger partial charge in [0, 0.05) is 78.5 Å². The predicted octanol–water partition coefficient (Wildman–Crippen LogP) is 0.949. The molecule has 22 heavy (non-hydrogen) atoms. The monoisotopic (exact) mass is 298 g/mol. The zero-order valence-electron chi connectivity index (χ0n) is 13.4. The lowest BCUT2D eigenvalue weighted by molar-refractivity contribution is 0.502. The lowest BCUT2D eigenvalue weighted by Gasteiger charge is -2.19. The third kappa shape index (κ3) is 3.35. The van der Waals surface area contributed by atoms with Gasteiger partial charge in [0.1, 0.15) is 0 Å². The van der Waals surface area contributed by atoms with Crippen LogP contribution in [0.2, 0.25) is 0 Å². The molecule has 118 valence electrons. The van der Waals surface area contributed by atoms with E-state index in [1.54, 1.807) is 22.3 Å². The molecule has 0 spiro atoms. The van der Waals surface area contributed by atoms with E-state index in [1.807, 2.05) is 0 Å². The van der Waals surface area contributed by atoms with Crippen LogP contribution < -0.4 is 0 Å². The van der Waals surface area contributed by atoms with E-state index in [4.69, 9.17) is 0 Å². The summed E-state index contributed by atoms with van der Waals surface area (Å²) in [6.45, 7) is 15.0. The average molecular weight is 298 g/mol. The Hall–Kier alpha value is -0.940. The molecular weight excluding hydrogens is 272 g/mol. The number of benzene rings is 1. The highest BCUT2D eigenvalue weighted by molar-refractivity contribution is 5.40. The second kappa shape index (κ2) is 5.31. The van der Waals surface area contributed by atoms with Gasteiger partial charge in [0.05, 0.1) is 0 Å². The van der Waals surface area contributed by atoms with Crippen molar-refractivity contribution in [3.63, 3.8) is 0 Å². The lowest BCUT2D eigenvalue weighted by Crippen LogP contribution is -2.13. The van der Waals surface area contributed by atoms with Crippen molar-refractivity contribution in [3.8, 4) is 0 Å². The first-order chi connectivity index (χ1) is 10.8. The van der Waals surface area contributed by atoms with Crippen LogP contribution >= 0.6 is 0 Å². The molecule has 0 amide bonds. The molecule has 1 aromatic rings. The first kappa shape index (κ1) is 13.5. The van der Waals surface area contributed by atoms with Gasteiger partial charge in [0.25, 0.3) is 0 Å². The van der Waals surface area contributed by atoms with Gasteiger partial charge in [0.2, 0.25) is 0 Å². The molecule has 4 heteroatoms. The summed E-state index contributed by atoms with van der Waals surface area (Å²) >= 11 is 0. The van der Waals surface area contributed by atoms with E-state index in [0.29, 0.717) is 0 Å². The first-order valence-corrected chi connectivity index (χ1v) is 8.86. The molecule has 4 saturated heterocycles. The molecule has 1 aromatic carbocycles. The van der Waals surface area contributed by atoms with Gasteiger partial charge in [-0.05, 0) is 22.3 Å². The van der Waals surface area contributed by atoms with E-state index in [-0.39, 0.29) is 0 Å². The van der Waals surface area contributed by atoms with Crippen molar-refractivity contribution in [2.24, 2.45) is 0 Å². The fraction of sp³-hybridized carbons (Fsp3) is 0.667. The van der Waals surface area contributed by atoms with E-state index >= 15 is 0 Å². The molecule has 0 aliphatic carbocycles. The van der Waals surface area contributed by atoms with Crippen LogP contribution in [-0.4, -0.2) is 72.0 Å². The van der Waals surface area contributed by atoms with Crippen molar-refractivity contribution in [2.45, 2.75) is 26.2 Å². The Kier molecular flexibility index (Phi) is 3.25. The zero-order valence-corrected chi connectivity index (χ0v) is 13.4. The van der Waals surface area contributed by atoms with Crippen LogP contribution in [-0.2, 0) is 26.2 Å². The molecule has 0 saturated carbocycles. The standard InChI is InChI=1S/C18H26N4/c1-2-19(1)11-15-9-16(12-20-3-4-20)18(14-22-7-8-22)17(10-15)13-21-5-6-21/h9-10H,1-8,11-14H2. The fourth-order valence-corrected chi connectivity index (χ4v) is 3.33. The number of hydrogen-bond acceptors (Lipinski definition) is 4. The normalized spacial score (nSPS) is 24.7. The summed E-state index contributed by atoms with van der Waals surface area (Å²) in [6.07, 6.45) is 0. The van der Waals surface area contributed by atoms with Gasteiger partial charge in [-0.2, -0.15) is 0 Å². The lowest BCUT2D eigenvalue weighted by atomic mass is 9.96. The highest BCUT2D eigenvalue weighted by Gasteiger charge is 2.27. The van der Waals surface area contributed by atoms with Gasteiger partial charge in [-0.25, -0.2) is 0 Å². The minimum Gasteiger partial charge on any atom is -0.297 e. The van der Waals surface area contributed by atoms with Gasteiger partial charge < -0.3 is 0 Å². The molecule has 0 bridgehead atoms. The highest BCUT2D eigenvalue weighted by atomic mass is 15.3. The summed E-state index contributed by atoms with van der Waals surface area (Å²) in [4.78, 5) is 10.2. The number of nitrogens with zero attached hydrogens (tertiary/aromatic N) is 4. The largest absolute Gasteiger partial charge is 0.297 e. The minimum absolute atomic E-state index is 1.16. The summed E-state index contributed by atoms with van der Waals surface area (Å²) in [7, 11) is 0. The van der Waals surface area contributed by atoms with Crippen molar-refractivity contribution < 1.29 is 0 Å². The van der Waals surface area contributed by atoms with E-state index in [1.165, 1.54) is 72.0 Å². The summed E-state index contributed by atoms with van der Waals surface area (Å²) in [5.74, 6) is 0. The number of hydrogen-bond donors (Lipinski definition) is 0. The van der Waals surface area contributed by atoms with E-state index in [9.17, 15) is 0 Å². The Morgan fingerprint density at radius 2 is 0.955 bits per heavy atom. The van der Waals surface area contributed by atoms with Gasteiger partial charge in [0.15, 0.2) is 0 Å². The molecule has 0 unspecified atom stereocenters.